The predicted octanol–water partition coefficient (Wildman–Crippen LogP) is 4.28. The van der Waals surface area contributed by atoms with E-state index < -0.39 is 0 Å². The number of nitrogens with zero attached hydrogens (tertiary/aromatic N) is 1. The van der Waals surface area contributed by atoms with E-state index >= 15 is 0 Å². The van der Waals surface area contributed by atoms with E-state index in [1.54, 1.807) is 0 Å². The summed E-state index contributed by atoms with van der Waals surface area (Å²) < 4.78 is 0. The van der Waals surface area contributed by atoms with Crippen molar-refractivity contribution in [3.63, 3.8) is 0 Å². The van der Waals surface area contributed by atoms with E-state index in [2.05, 4.69) is 42.5 Å². The fourth-order valence-corrected chi connectivity index (χ4v) is 2.03. The van der Waals surface area contributed by atoms with Crippen LogP contribution in [0.3, 0.4) is 0 Å². The standard InChI is InChI=1S/C15H27N3/c1-4-6-7-8-9-13(3)18-14-10-11-17-15(12-14)16-5-2/h10-13H,4-9H2,1-3H3,(H2,16,17,18). The first-order valence-electron chi connectivity index (χ1n) is 7.22. The summed E-state index contributed by atoms with van der Waals surface area (Å²) in [7, 11) is 0. The molecule has 0 aliphatic rings. The Morgan fingerprint density at radius 3 is 2.78 bits per heavy atom. The monoisotopic (exact) mass is 249 g/mol. The number of rotatable bonds is 9. The number of nitrogens with one attached hydrogen (secondary N) is 2. The summed E-state index contributed by atoms with van der Waals surface area (Å²) in [4.78, 5) is 4.27. The molecule has 102 valence electrons. The lowest BCUT2D eigenvalue weighted by atomic mass is 10.1. The summed E-state index contributed by atoms with van der Waals surface area (Å²) in [6.07, 6.45) is 8.41. The Hall–Kier alpha value is -1.25. The topological polar surface area (TPSA) is 37.0 Å². The molecule has 18 heavy (non-hydrogen) atoms. The van der Waals surface area contributed by atoms with E-state index in [0.717, 1.165) is 18.1 Å². The average molecular weight is 249 g/mol. The van der Waals surface area contributed by atoms with E-state index in [4.69, 9.17) is 0 Å². The van der Waals surface area contributed by atoms with Gasteiger partial charge in [0.05, 0.1) is 0 Å². The van der Waals surface area contributed by atoms with Gasteiger partial charge < -0.3 is 10.6 Å². The molecule has 0 aliphatic heterocycles. The Morgan fingerprint density at radius 1 is 1.22 bits per heavy atom. The van der Waals surface area contributed by atoms with Crippen LogP contribution in [0.25, 0.3) is 0 Å². The lowest BCUT2D eigenvalue weighted by Gasteiger charge is -2.15. The van der Waals surface area contributed by atoms with Gasteiger partial charge in [0.2, 0.25) is 0 Å². The molecule has 1 atom stereocenters. The second-order valence-corrected chi connectivity index (χ2v) is 4.85. The molecule has 0 bridgehead atoms. The van der Waals surface area contributed by atoms with Crippen LogP contribution in [0, 0.1) is 0 Å². The van der Waals surface area contributed by atoms with Gasteiger partial charge in [-0.3, -0.25) is 0 Å². The molecule has 0 amide bonds. The van der Waals surface area contributed by atoms with Gasteiger partial charge in [0.25, 0.3) is 0 Å². The summed E-state index contributed by atoms with van der Waals surface area (Å²) in [5.74, 6) is 0.945. The maximum atomic E-state index is 4.27. The molecule has 0 saturated heterocycles. The van der Waals surface area contributed by atoms with Gasteiger partial charge in [-0.05, 0) is 26.3 Å². The molecular formula is C15H27N3. The van der Waals surface area contributed by atoms with Crippen LogP contribution < -0.4 is 10.6 Å². The molecular weight excluding hydrogens is 222 g/mol. The van der Waals surface area contributed by atoms with E-state index in [9.17, 15) is 0 Å². The lowest BCUT2D eigenvalue weighted by Crippen LogP contribution is -2.15. The van der Waals surface area contributed by atoms with Crippen molar-refractivity contribution in [2.24, 2.45) is 0 Å². The van der Waals surface area contributed by atoms with E-state index in [0.29, 0.717) is 6.04 Å². The Labute approximate surface area is 111 Å². The molecule has 3 nitrogen and oxygen atoms in total. The van der Waals surface area contributed by atoms with Crippen molar-refractivity contribution in [2.75, 3.05) is 17.2 Å². The number of pyridine rings is 1. The van der Waals surface area contributed by atoms with Crippen LogP contribution in [0.4, 0.5) is 11.5 Å². The predicted molar refractivity (Wildman–Crippen MR) is 80.2 cm³/mol. The number of aromatic nitrogens is 1. The number of hydrogen-bond acceptors (Lipinski definition) is 3. The lowest BCUT2D eigenvalue weighted by molar-refractivity contribution is 0.594. The maximum absolute atomic E-state index is 4.27. The highest BCUT2D eigenvalue weighted by Crippen LogP contribution is 2.15. The minimum Gasteiger partial charge on any atom is -0.382 e. The van der Waals surface area contributed by atoms with Gasteiger partial charge in [0.1, 0.15) is 5.82 Å². The first-order valence-corrected chi connectivity index (χ1v) is 7.22. The van der Waals surface area contributed by atoms with Gasteiger partial charge >= 0.3 is 0 Å². The van der Waals surface area contributed by atoms with Crippen molar-refractivity contribution >= 4 is 11.5 Å². The SMILES string of the molecule is CCCCCCC(C)Nc1ccnc(NCC)c1. The molecule has 0 saturated carbocycles. The van der Waals surface area contributed by atoms with Crippen LogP contribution in [0.1, 0.15) is 52.9 Å². The second-order valence-electron chi connectivity index (χ2n) is 4.85. The highest BCUT2D eigenvalue weighted by atomic mass is 15.0. The Morgan fingerprint density at radius 2 is 2.06 bits per heavy atom. The zero-order valence-corrected chi connectivity index (χ0v) is 12.0. The Kier molecular flexibility index (Phi) is 7.23. The average Bonchev–Trinajstić information content (AvgIpc) is 2.35. The van der Waals surface area contributed by atoms with Gasteiger partial charge in [-0.15, -0.1) is 0 Å². The summed E-state index contributed by atoms with van der Waals surface area (Å²) >= 11 is 0. The van der Waals surface area contributed by atoms with Crippen LogP contribution in [0.5, 0.6) is 0 Å². The van der Waals surface area contributed by atoms with Gasteiger partial charge in [-0.2, -0.15) is 0 Å². The molecule has 1 unspecified atom stereocenters. The largest absolute Gasteiger partial charge is 0.382 e. The zero-order valence-electron chi connectivity index (χ0n) is 12.0. The molecule has 0 aliphatic carbocycles. The molecule has 0 radical (unpaired) electrons. The first-order chi connectivity index (χ1) is 8.76. The highest BCUT2D eigenvalue weighted by Gasteiger charge is 2.02. The number of unbranched alkanes of at least 4 members (excludes halogenated alkanes) is 3. The number of hydrogen-bond donors (Lipinski definition) is 2. The molecule has 2 N–H and O–H groups in total. The molecule has 3 heteroatoms. The smallest absolute Gasteiger partial charge is 0.127 e. The van der Waals surface area contributed by atoms with Gasteiger partial charge in [0.15, 0.2) is 0 Å². The summed E-state index contributed by atoms with van der Waals surface area (Å²) in [5, 5.41) is 6.77. The molecule has 1 heterocycles. The quantitative estimate of drug-likeness (QED) is 0.641. The second kappa shape index (κ2) is 8.78. The van der Waals surface area contributed by atoms with Crippen molar-refractivity contribution in [3.8, 4) is 0 Å². The molecule has 1 aromatic rings. The highest BCUT2D eigenvalue weighted by molar-refractivity contribution is 5.52. The van der Waals surface area contributed by atoms with Crippen LogP contribution in [-0.2, 0) is 0 Å². The third-order valence-electron chi connectivity index (χ3n) is 3.02. The zero-order chi connectivity index (χ0) is 13.2. The normalized spacial score (nSPS) is 12.2. The molecule has 0 spiro atoms. The van der Waals surface area contributed by atoms with Crippen molar-refractivity contribution in [3.05, 3.63) is 18.3 Å². The molecule has 0 fully saturated rings. The number of anilines is 2. The van der Waals surface area contributed by atoms with Crippen molar-refractivity contribution in [1.29, 1.82) is 0 Å². The van der Waals surface area contributed by atoms with Crippen LogP contribution in [-0.4, -0.2) is 17.6 Å². The van der Waals surface area contributed by atoms with Crippen molar-refractivity contribution in [1.82, 2.24) is 4.98 Å². The molecule has 1 rings (SSSR count). The molecule has 0 aromatic carbocycles. The summed E-state index contributed by atoms with van der Waals surface area (Å²) in [6.45, 7) is 7.49. The van der Waals surface area contributed by atoms with Crippen LogP contribution >= 0.6 is 0 Å². The van der Waals surface area contributed by atoms with Crippen molar-refractivity contribution < 1.29 is 0 Å². The fraction of sp³-hybridized carbons (Fsp3) is 0.667. The van der Waals surface area contributed by atoms with E-state index in [1.807, 2.05) is 12.3 Å². The first kappa shape index (κ1) is 14.8. The van der Waals surface area contributed by atoms with Gasteiger partial charge in [0, 0.05) is 30.5 Å². The fourth-order valence-electron chi connectivity index (χ4n) is 2.03. The van der Waals surface area contributed by atoms with Crippen molar-refractivity contribution in [2.45, 2.75) is 58.9 Å². The third-order valence-corrected chi connectivity index (χ3v) is 3.02. The third kappa shape index (κ3) is 5.89. The van der Waals surface area contributed by atoms with E-state index in [-0.39, 0.29) is 0 Å². The summed E-state index contributed by atoms with van der Waals surface area (Å²) in [5.41, 5.74) is 1.16. The van der Waals surface area contributed by atoms with Crippen LogP contribution in [0.15, 0.2) is 18.3 Å². The Bertz CT molecular complexity index is 325. The minimum atomic E-state index is 0.527. The van der Waals surface area contributed by atoms with Gasteiger partial charge in [-0.1, -0.05) is 32.6 Å². The van der Waals surface area contributed by atoms with E-state index in [1.165, 1.54) is 32.1 Å². The maximum Gasteiger partial charge on any atom is 0.127 e. The molecule has 1 aromatic heterocycles. The van der Waals surface area contributed by atoms with Gasteiger partial charge in [-0.25, -0.2) is 4.98 Å². The Balaban J connectivity index is 2.34. The van der Waals surface area contributed by atoms with Crippen LogP contribution in [0.2, 0.25) is 0 Å². The summed E-state index contributed by atoms with van der Waals surface area (Å²) in [6, 6.07) is 4.63. The minimum absolute atomic E-state index is 0.527.